The summed E-state index contributed by atoms with van der Waals surface area (Å²) in [5.41, 5.74) is 5.43. The van der Waals surface area contributed by atoms with Gasteiger partial charge in [0.15, 0.2) is 47.4 Å². The number of halogens is 2. The molecule has 24 heteroatoms. The molecule has 19 nitrogen and oxygen atoms in total. The average molecular weight is 708 g/mol. The van der Waals surface area contributed by atoms with Crippen LogP contribution in [-0.2, 0) is 44.2 Å². The van der Waals surface area contributed by atoms with E-state index >= 15 is 8.78 Å². The van der Waals surface area contributed by atoms with Crippen LogP contribution in [0.2, 0.25) is 0 Å². The van der Waals surface area contributed by atoms with Crippen LogP contribution in [0.25, 0.3) is 22.3 Å². The zero-order chi connectivity index (χ0) is 32.5. The van der Waals surface area contributed by atoms with Gasteiger partial charge in [0.25, 0.3) is 5.56 Å². The second kappa shape index (κ2) is 11.7. The molecular weight excluding hydrogens is 682 g/mol. The van der Waals surface area contributed by atoms with Crippen LogP contribution < -0.4 is 11.3 Å². The average Bonchev–Trinajstić information content (AvgIpc) is 3.75. The van der Waals surface area contributed by atoms with Crippen LogP contribution in [0.3, 0.4) is 0 Å². The first-order valence-electron chi connectivity index (χ1n) is 13.5. The van der Waals surface area contributed by atoms with Crippen molar-refractivity contribution in [3.63, 3.8) is 0 Å². The van der Waals surface area contributed by atoms with Crippen molar-refractivity contribution in [2.45, 2.75) is 56.1 Å². The standard InChI is InChI=1S/C22H25F2N9O10P2S/c1-8-30-19-14(20(34)31-8)29-6-33(19)22-16-11(23)9(41-22)2-39-44(35,46)7-38-15-10(3-40-45(36,37)43-16)42-21(12(15)24)32-5-28-13-17(25)26-4-27-18(13)32/h4-6,9-12,15-16,21-22H,2-3,7H2,1H3,(H,35,46)(H,36,37)(H2,25,26,27)(H,30,31,34)/t9-,10-,11-,12-,15-,16-,21-,22-,44?/m1/s1. The molecule has 5 N–H and O–H groups in total. The Hall–Kier alpha value is -2.88. The van der Waals surface area contributed by atoms with Gasteiger partial charge in [0.05, 0.1) is 25.9 Å². The Morgan fingerprint density at radius 2 is 1.67 bits per heavy atom. The smallest absolute Gasteiger partial charge is 0.382 e. The summed E-state index contributed by atoms with van der Waals surface area (Å²) in [7, 11) is -5.15. The SMILES string of the molecule is Cc1nc2c(ncn2[C@@H]2O[C@@H]3COP(O)(=S)CO[C@H]4[C@@H](F)[C@H](n5cnc6c(N)ncnc65)O[C@@H]4COP(=O)(O)O[C@@H]2[C@@H]3F)c(=O)[nH]1. The Balaban J connectivity index is 1.20. The van der Waals surface area contributed by atoms with E-state index in [1.54, 1.807) is 0 Å². The predicted molar refractivity (Wildman–Crippen MR) is 153 cm³/mol. The van der Waals surface area contributed by atoms with E-state index in [0.29, 0.717) is 0 Å². The van der Waals surface area contributed by atoms with E-state index < -0.39 is 88.7 Å². The molecule has 2 bridgehead atoms. The molecular formula is C22H25F2N9O10P2S. The van der Waals surface area contributed by atoms with Crippen molar-refractivity contribution in [1.82, 2.24) is 39.0 Å². The number of hydrogen-bond donors (Lipinski definition) is 4. The van der Waals surface area contributed by atoms with Crippen molar-refractivity contribution < 1.29 is 50.9 Å². The van der Waals surface area contributed by atoms with Crippen LogP contribution >= 0.6 is 14.3 Å². The predicted octanol–water partition coefficient (Wildman–Crippen LogP) is 0.498. The monoisotopic (exact) mass is 707 g/mol. The number of nitrogen functional groups attached to an aromatic ring is 1. The van der Waals surface area contributed by atoms with Crippen molar-refractivity contribution in [3.05, 3.63) is 35.2 Å². The fraction of sp³-hybridized carbons (Fsp3) is 0.545. The third-order valence-electron chi connectivity index (χ3n) is 7.54. The van der Waals surface area contributed by atoms with Crippen LogP contribution in [0.4, 0.5) is 14.6 Å². The summed E-state index contributed by atoms with van der Waals surface area (Å²) in [6.45, 7) is -3.80. The number of nitrogens with zero attached hydrogens (tertiary/aromatic N) is 7. The van der Waals surface area contributed by atoms with Crippen LogP contribution in [0.15, 0.2) is 23.8 Å². The summed E-state index contributed by atoms with van der Waals surface area (Å²) < 4.78 is 80.6. The van der Waals surface area contributed by atoms with E-state index in [1.807, 2.05) is 0 Å². The minimum absolute atomic E-state index is 0.0258. The number of fused-ring (bicyclic) bond motifs is 5. The molecule has 4 aromatic heterocycles. The highest BCUT2D eigenvalue weighted by Gasteiger charge is 2.53. The summed E-state index contributed by atoms with van der Waals surface area (Å²) in [5.74, 6) is 0.244. The summed E-state index contributed by atoms with van der Waals surface area (Å²) in [6, 6.07) is 0. The third kappa shape index (κ3) is 5.66. The van der Waals surface area contributed by atoms with Crippen molar-refractivity contribution in [2.75, 3.05) is 25.3 Å². The number of nitrogens with two attached hydrogens (primary N) is 1. The molecule has 3 fully saturated rings. The second-order valence-corrected chi connectivity index (χ2v) is 15.5. The molecule has 0 aromatic carbocycles. The minimum Gasteiger partial charge on any atom is -0.382 e. The molecule has 3 aliphatic heterocycles. The zero-order valence-electron chi connectivity index (χ0n) is 23.4. The van der Waals surface area contributed by atoms with Crippen molar-refractivity contribution in [1.29, 1.82) is 0 Å². The lowest BCUT2D eigenvalue weighted by Gasteiger charge is -2.26. The number of hydrogen-bond acceptors (Lipinski definition) is 15. The Morgan fingerprint density at radius 3 is 2.46 bits per heavy atom. The number of rotatable bonds is 2. The Labute approximate surface area is 260 Å². The van der Waals surface area contributed by atoms with Crippen LogP contribution in [0.1, 0.15) is 18.3 Å². The molecule has 46 heavy (non-hydrogen) atoms. The van der Waals surface area contributed by atoms with Crippen molar-refractivity contribution in [3.8, 4) is 0 Å². The van der Waals surface area contributed by atoms with E-state index in [4.69, 9.17) is 45.3 Å². The molecule has 3 aliphatic rings. The van der Waals surface area contributed by atoms with Gasteiger partial charge in [0.2, 0.25) is 6.49 Å². The molecule has 0 radical (unpaired) electrons. The highest BCUT2D eigenvalue weighted by Crippen LogP contribution is 2.52. The number of phosphoric ester groups is 1. The lowest BCUT2D eigenvalue weighted by Crippen LogP contribution is -2.36. The molecule has 3 saturated heterocycles. The number of aryl methyl sites for hydroxylation is 1. The number of imidazole rings is 2. The van der Waals surface area contributed by atoms with Crippen LogP contribution in [0.5, 0.6) is 0 Å². The molecule has 10 atom stereocenters. The first-order valence-corrected chi connectivity index (χ1v) is 17.9. The van der Waals surface area contributed by atoms with Gasteiger partial charge in [0, 0.05) is 0 Å². The largest absolute Gasteiger partial charge is 0.472 e. The number of H-pyrrole nitrogens is 1. The van der Waals surface area contributed by atoms with Gasteiger partial charge in [0.1, 0.15) is 48.4 Å². The summed E-state index contributed by atoms with van der Waals surface area (Å²) in [5, 5.41) is 0. The number of phosphoric acid groups is 1. The lowest BCUT2D eigenvalue weighted by molar-refractivity contribution is -0.0619. The van der Waals surface area contributed by atoms with Gasteiger partial charge < -0.3 is 39.2 Å². The first kappa shape index (κ1) is 31.7. The number of alkyl halides is 2. The number of anilines is 1. The molecule has 0 aliphatic carbocycles. The van der Waals surface area contributed by atoms with Crippen LogP contribution in [-0.4, -0.2) is 105 Å². The Kier molecular flexibility index (Phi) is 8.04. The maximum atomic E-state index is 16.0. The van der Waals surface area contributed by atoms with Gasteiger partial charge in [-0.05, 0) is 18.7 Å². The fourth-order valence-electron chi connectivity index (χ4n) is 5.45. The van der Waals surface area contributed by atoms with Gasteiger partial charge in [-0.3, -0.25) is 23.0 Å². The number of aromatic amines is 1. The maximum Gasteiger partial charge on any atom is 0.472 e. The summed E-state index contributed by atoms with van der Waals surface area (Å²) in [4.78, 5) is 56.7. The first-order chi connectivity index (χ1) is 21.8. The van der Waals surface area contributed by atoms with Gasteiger partial charge in [-0.1, -0.05) is 0 Å². The summed E-state index contributed by atoms with van der Waals surface area (Å²) >= 11 is 5.18. The normalized spacial score (nSPS) is 37.4. The minimum atomic E-state index is -5.15. The number of aromatic nitrogens is 8. The molecule has 7 rings (SSSR count). The van der Waals surface area contributed by atoms with Gasteiger partial charge in [-0.25, -0.2) is 38.3 Å². The zero-order valence-corrected chi connectivity index (χ0v) is 26.0. The molecule has 7 heterocycles. The van der Waals surface area contributed by atoms with E-state index in [9.17, 15) is 19.1 Å². The third-order valence-corrected chi connectivity index (χ3v) is 10.2. The Bertz CT molecular complexity index is 1970. The number of ether oxygens (including phenoxy) is 3. The van der Waals surface area contributed by atoms with Gasteiger partial charge >= 0.3 is 7.82 Å². The summed E-state index contributed by atoms with van der Waals surface area (Å²) in [6.07, 6.45) is -10.5. The van der Waals surface area contributed by atoms with E-state index in [0.717, 1.165) is 17.2 Å². The number of nitrogens with one attached hydrogen (secondary N) is 1. The molecule has 0 spiro atoms. The highest BCUT2D eigenvalue weighted by atomic mass is 32.5. The molecule has 0 amide bonds. The Morgan fingerprint density at radius 1 is 0.978 bits per heavy atom. The fourth-order valence-corrected chi connectivity index (χ4v) is 7.56. The molecule has 2 unspecified atom stereocenters. The quantitative estimate of drug-likeness (QED) is 0.207. The lowest BCUT2D eigenvalue weighted by atomic mass is 10.1. The topological polar surface area (TPSA) is 246 Å². The van der Waals surface area contributed by atoms with E-state index in [-0.39, 0.29) is 34.0 Å². The van der Waals surface area contributed by atoms with E-state index in [2.05, 4.69) is 29.9 Å². The van der Waals surface area contributed by atoms with Crippen molar-refractivity contribution in [2.24, 2.45) is 0 Å². The second-order valence-electron chi connectivity index (χ2n) is 10.6. The van der Waals surface area contributed by atoms with Gasteiger partial charge in [-0.15, -0.1) is 0 Å². The van der Waals surface area contributed by atoms with Crippen molar-refractivity contribution >= 4 is 54.3 Å². The van der Waals surface area contributed by atoms with E-state index in [1.165, 1.54) is 17.8 Å². The maximum absolute atomic E-state index is 16.0. The molecule has 248 valence electrons. The molecule has 4 aromatic rings. The van der Waals surface area contributed by atoms with Gasteiger partial charge in [-0.2, -0.15) is 0 Å². The molecule has 0 saturated carbocycles. The van der Waals surface area contributed by atoms with Crippen LogP contribution in [0, 0.1) is 6.92 Å². The highest BCUT2D eigenvalue weighted by molar-refractivity contribution is 8.09.